The summed E-state index contributed by atoms with van der Waals surface area (Å²) in [5.41, 5.74) is 1.77. The van der Waals surface area contributed by atoms with E-state index in [0.29, 0.717) is 24.3 Å². The van der Waals surface area contributed by atoms with E-state index in [4.69, 9.17) is 11.6 Å². The van der Waals surface area contributed by atoms with Gasteiger partial charge in [0.2, 0.25) is 11.8 Å². The molecule has 0 bridgehead atoms. The van der Waals surface area contributed by atoms with Crippen LogP contribution in [0, 0.1) is 0 Å². The van der Waals surface area contributed by atoms with E-state index in [1.165, 1.54) is 0 Å². The van der Waals surface area contributed by atoms with Gasteiger partial charge in [0.25, 0.3) is 0 Å². The summed E-state index contributed by atoms with van der Waals surface area (Å²) < 4.78 is 0. The molecule has 2 unspecified atom stereocenters. The summed E-state index contributed by atoms with van der Waals surface area (Å²) in [6.07, 6.45) is 3.22. The standard InChI is InChI=1S/C22H25ClN2O2/c1-2-22(15-13-20(27)25-22)14-12-19(26)24-21(16-6-4-3-5-7-16)17-8-10-18(23)11-9-17/h3-11,21H,2,12-15H2,1H3,(H,24,26)(H,25,27). The Labute approximate surface area is 165 Å². The summed E-state index contributed by atoms with van der Waals surface area (Å²) in [5.74, 6) is 0.0633. The number of rotatable bonds is 7. The molecule has 2 aromatic carbocycles. The normalized spacial score (nSPS) is 20.1. The lowest BCUT2D eigenvalue weighted by molar-refractivity contribution is -0.123. The molecule has 1 heterocycles. The van der Waals surface area contributed by atoms with Crippen LogP contribution in [-0.4, -0.2) is 17.4 Å². The lowest BCUT2D eigenvalue weighted by atomic mass is 9.88. The molecule has 2 N–H and O–H groups in total. The number of amides is 2. The minimum absolute atomic E-state index is 0.0206. The highest BCUT2D eigenvalue weighted by atomic mass is 35.5. The SMILES string of the molecule is CCC1(CCC(=O)NC(c2ccccc2)c2ccc(Cl)cc2)CCC(=O)N1. The van der Waals surface area contributed by atoms with Crippen molar-refractivity contribution in [2.24, 2.45) is 0 Å². The number of carbonyl (C=O) groups excluding carboxylic acids is 2. The molecular formula is C22H25ClN2O2. The number of hydrogen-bond donors (Lipinski definition) is 2. The number of benzene rings is 2. The summed E-state index contributed by atoms with van der Waals surface area (Å²) in [4.78, 5) is 24.3. The van der Waals surface area contributed by atoms with Gasteiger partial charge in [-0.1, -0.05) is 61.0 Å². The van der Waals surface area contributed by atoms with Crippen LogP contribution in [0.25, 0.3) is 0 Å². The molecule has 1 aliphatic heterocycles. The third kappa shape index (κ3) is 4.89. The summed E-state index contributed by atoms with van der Waals surface area (Å²) in [6, 6.07) is 17.2. The molecule has 2 aromatic rings. The van der Waals surface area contributed by atoms with Crippen molar-refractivity contribution in [3.05, 3.63) is 70.7 Å². The Morgan fingerprint density at radius 3 is 2.41 bits per heavy atom. The first-order chi connectivity index (χ1) is 13.0. The molecule has 3 rings (SSSR count). The molecule has 27 heavy (non-hydrogen) atoms. The van der Waals surface area contributed by atoms with Crippen LogP contribution in [-0.2, 0) is 9.59 Å². The average Bonchev–Trinajstić information content (AvgIpc) is 3.07. The van der Waals surface area contributed by atoms with Gasteiger partial charge in [-0.25, -0.2) is 0 Å². The zero-order valence-electron chi connectivity index (χ0n) is 15.5. The maximum Gasteiger partial charge on any atom is 0.220 e. The van der Waals surface area contributed by atoms with Gasteiger partial charge in [-0.3, -0.25) is 9.59 Å². The van der Waals surface area contributed by atoms with Crippen molar-refractivity contribution in [3.63, 3.8) is 0 Å². The van der Waals surface area contributed by atoms with Crippen LogP contribution in [0.5, 0.6) is 0 Å². The minimum atomic E-state index is -0.239. The number of carbonyl (C=O) groups is 2. The van der Waals surface area contributed by atoms with Crippen molar-refractivity contribution in [2.45, 2.75) is 50.6 Å². The van der Waals surface area contributed by atoms with Crippen molar-refractivity contribution >= 4 is 23.4 Å². The van der Waals surface area contributed by atoms with Gasteiger partial charge in [0.15, 0.2) is 0 Å². The average molecular weight is 385 g/mol. The predicted molar refractivity (Wildman–Crippen MR) is 108 cm³/mol. The molecule has 1 saturated heterocycles. The van der Waals surface area contributed by atoms with Gasteiger partial charge in [0.1, 0.15) is 0 Å². The lowest BCUT2D eigenvalue weighted by Crippen LogP contribution is -2.42. The molecule has 2 amide bonds. The molecule has 0 spiro atoms. The highest BCUT2D eigenvalue weighted by Gasteiger charge is 2.36. The second kappa shape index (κ2) is 8.57. The zero-order valence-corrected chi connectivity index (χ0v) is 16.3. The fourth-order valence-corrected chi connectivity index (χ4v) is 3.77. The van der Waals surface area contributed by atoms with E-state index in [0.717, 1.165) is 24.0 Å². The Balaban J connectivity index is 1.71. The van der Waals surface area contributed by atoms with Crippen LogP contribution in [0.4, 0.5) is 0 Å². The van der Waals surface area contributed by atoms with Crippen LogP contribution in [0.1, 0.15) is 56.2 Å². The van der Waals surface area contributed by atoms with Crippen LogP contribution in [0.3, 0.4) is 0 Å². The molecular weight excluding hydrogens is 360 g/mol. The van der Waals surface area contributed by atoms with Gasteiger partial charge in [0.05, 0.1) is 6.04 Å². The van der Waals surface area contributed by atoms with Crippen molar-refractivity contribution < 1.29 is 9.59 Å². The van der Waals surface area contributed by atoms with Crippen LogP contribution < -0.4 is 10.6 Å². The Morgan fingerprint density at radius 1 is 1.15 bits per heavy atom. The third-order valence-corrected chi connectivity index (χ3v) is 5.64. The Morgan fingerprint density at radius 2 is 1.81 bits per heavy atom. The second-order valence-corrected chi connectivity index (χ2v) is 7.58. The second-order valence-electron chi connectivity index (χ2n) is 7.14. The minimum Gasteiger partial charge on any atom is -0.351 e. The zero-order chi connectivity index (χ0) is 19.3. The lowest BCUT2D eigenvalue weighted by Gasteiger charge is -2.28. The fourth-order valence-electron chi connectivity index (χ4n) is 3.65. The molecule has 0 aromatic heterocycles. The van der Waals surface area contributed by atoms with E-state index in [9.17, 15) is 9.59 Å². The molecule has 142 valence electrons. The molecule has 1 aliphatic rings. The van der Waals surface area contributed by atoms with Gasteiger partial charge in [-0.05, 0) is 42.5 Å². The van der Waals surface area contributed by atoms with Gasteiger partial charge in [-0.15, -0.1) is 0 Å². The van der Waals surface area contributed by atoms with Gasteiger partial charge >= 0.3 is 0 Å². The molecule has 1 fully saturated rings. The highest BCUT2D eigenvalue weighted by Crippen LogP contribution is 2.29. The Bertz CT molecular complexity index is 792. The molecule has 0 saturated carbocycles. The van der Waals surface area contributed by atoms with E-state index in [2.05, 4.69) is 17.6 Å². The quantitative estimate of drug-likeness (QED) is 0.744. The van der Waals surface area contributed by atoms with Gasteiger partial charge in [0, 0.05) is 23.4 Å². The van der Waals surface area contributed by atoms with Crippen molar-refractivity contribution in [1.82, 2.24) is 10.6 Å². The van der Waals surface area contributed by atoms with E-state index < -0.39 is 0 Å². The van der Waals surface area contributed by atoms with Gasteiger partial charge in [-0.2, -0.15) is 0 Å². The molecule has 2 atom stereocenters. The summed E-state index contributed by atoms with van der Waals surface area (Å²) in [6.45, 7) is 2.06. The maximum atomic E-state index is 12.7. The monoisotopic (exact) mass is 384 g/mol. The summed E-state index contributed by atoms with van der Waals surface area (Å²) in [7, 11) is 0. The number of hydrogen-bond acceptors (Lipinski definition) is 2. The number of halogens is 1. The predicted octanol–water partition coefficient (Wildman–Crippen LogP) is 4.38. The smallest absolute Gasteiger partial charge is 0.220 e. The largest absolute Gasteiger partial charge is 0.351 e. The highest BCUT2D eigenvalue weighted by molar-refractivity contribution is 6.30. The Hall–Kier alpha value is -2.33. The van der Waals surface area contributed by atoms with Crippen LogP contribution in [0.2, 0.25) is 5.02 Å². The van der Waals surface area contributed by atoms with Crippen molar-refractivity contribution in [3.8, 4) is 0 Å². The van der Waals surface area contributed by atoms with E-state index in [1.54, 1.807) is 0 Å². The summed E-state index contributed by atoms with van der Waals surface area (Å²) in [5, 5.41) is 6.88. The molecule has 5 heteroatoms. The topological polar surface area (TPSA) is 58.2 Å². The Kier molecular flexibility index (Phi) is 6.17. The first-order valence-electron chi connectivity index (χ1n) is 9.42. The van der Waals surface area contributed by atoms with Crippen molar-refractivity contribution in [1.29, 1.82) is 0 Å². The summed E-state index contributed by atoms with van der Waals surface area (Å²) >= 11 is 6.01. The third-order valence-electron chi connectivity index (χ3n) is 5.38. The molecule has 0 aliphatic carbocycles. The first kappa shape index (κ1) is 19.4. The first-order valence-corrected chi connectivity index (χ1v) is 9.80. The van der Waals surface area contributed by atoms with E-state index >= 15 is 0 Å². The van der Waals surface area contributed by atoms with E-state index in [-0.39, 0.29) is 23.4 Å². The number of nitrogens with one attached hydrogen (secondary N) is 2. The van der Waals surface area contributed by atoms with Crippen molar-refractivity contribution in [2.75, 3.05) is 0 Å². The van der Waals surface area contributed by atoms with E-state index in [1.807, 2.05) is 54.6 Å². The van der Waals surface area contributed by atoms with Crippen LogP contribution >= 0.6 is 11.6 Å². The molecule has 0 radical (unpaired) electrons. The van der Waals surface area contributed by atoms with Gasteiger partial charge < -0.3 is 10.6 Å². The fraction of sp³-hybridized carbons (Fsp3) is 0.364. The maximum absolute atomic E-state index is 12.7. The molecule has 4 nitrogen and oxygen atoms in total. The van der Waals surface area contributed by atoms with Crippen LogP contribution in [0.15, 0.2) is 54.6 Å².